The smallest absolute Gasteiger partial charge is 0.318 e. The number of amides is 2. The molecule has 1 aliphatic heterocycles. The van der Waals surface area contributed by atoms with Crippen LogP contribution in [0.25, 0.3) is 0 Å². The maximum absolute atomic E-state index is 12.9. The third-order valence-electron chi connectivity index (χ3n) is 3.18. The lowest BCUT2D eigenvalue weighted by Gasteiger charge is -2.26. The van der Waals surface area contributed by atoms with Crippen LogP contribution in [-0.2, 0) is 0 Å². The Morgan fingerprint density at radius 1 is 1.39 bits per heavy atom. The number of rotatable bonds is 2. The van der Waals surface area contributed by atoms with E-state index in [1.807, 2.05) is 18.7 Å². The van der Waals surface area contributed by atoms with Gasteiger partial charge >= 0.3 is 6.03 Å². The molecule has 1 fully saturated rings. The van der Waals surface area contributed by atoms with Crippen molar-refractivity contribution in [3.8, 4) is 0 Å². The van der Waals surface area contributed by atoms with Crippen molar-refractivity contribution in [2.45, 2.75) is 38.8 Å². The van der Waals surface area contributed by atoms with E-state index in [0.717, 1.165) is 24.9 Å². The van der Waals surface area contributed by atoms with E-state index in [0.29, 0.717) is 0 Å². The summed E-state index contributed by atoms with van der Waals surface area (Å²) in [7, 11) is 0. The highest BCUT2D eigenvalue weighted by atomic mass is 19.1. The van der Waals surface area contributed by atoms with Crippen molar-refractivity contribution in [3.63, 3.8) is 0 Å². The van der Waals surface area contributed by atoms with E-state index >= 15 is 0 Å². The van der Waals surface area contributed by atoms with Crippen molar-refractivity contribution >= 4 is 6.03 Å². The second kappa shape index (κ2) is 5.38. The van der Waals surface area contributed by atoms with Crippen LogP contribution < -0.4 is 5.32 Å². The molecular formula is C14H19FN2O. The molecule has 0 saturated carbocycles. The number of carbonyl (C=O) groups excluding carboxylic acids is 1. The molecule has 18 heavy (non-hydrogen) atoms. The SMILES string of the molecule is CC(C)NC(=O)N1CCC[C@H]1c1ccc(F)cc1. The Labute approximate surface area is 107 Å². The number of hydrogen-bond acceptors (Lipinski definition) is 1. The number of hydrogen-bond donors (Lipinski definition) is 1. The zero-order chi connectivity index (χ0) is 13.1. The van der Waals surface area contributed by atoms with Crippen LogP contribution in [0.1, 0.15) is 38.3 Å². The fraction of sp³-hybridized carbons (Fsp3) is 0.500. The van der Waals surface area contributed by atoms with Gasteiger partial charge in [0, 0.05) is 12.6 Å². The number of urea groups is 1. The first-order valence-corrected chi connectivity index (χ1v) is 6.40. The topological polar surface area (TPSA) is 32.3 Å². The summed E-state index contributed by atoms with van der Waals surface area (Å²) in [6.45, 7) is 4.66. The summed E-state index contributed by atoms with van der Waals surface area (Å²) >= 11 is 0. The van der Waals surface area contributed by atoms with E-state index in [1.165, 1.54) is 12.1 Å². The number of benzene rings is 1. The molecule has 98 valence electrons. The van der Waals surface area contributed by atoms with Crippen LogP contribution in [-0.4, -0.2) is 23.5 Å². The second-order valence-corrected chi connectivity index (χ2v) is 5.01. The minimum atomic E-state index is -0.241. The molecule has 1 aliphatic rings. The van der Waals surface area contributed by atoms with Crippen molar-refractivity contribution in [2.75, 3.05) is 6.54 Å². The molecule has 1 aromatic rings. The molecule has 0 unspecified atom stereocenters. The lowest BCUT2D eigenvalue weighted by atomic mass is 10.0. The monoisotopic (exact) mass is 250 g/mol. The molecule has 1 heterocycles. The average molecular weight is 250 g/mol. The van der Waals surface area contributed by atoms with Gasteiger partial charge < -0.3 is 10.2 Å². The highest BCUT2D eigenvalue weighted by molar-refractivity contribution is 5.75. The van der Waals surface area contributed by atoms with Crippen LogP contribution in [0.15, 0.2) is 24.3 Å². The molecule has 0 bridgehead atoms. The van der Waals surface area contributed by atoms with Crippen molar-refractivity contribution in [1.82, 2.24) is 10.2 Å². The molecule has 1 N–H and O–H groups in total. The Bertz CT molecular complexity index is 416. The van der Waals surface area contributed by atoms with Gasteiger partial charge in [-0.15, -0.1) is 0 Å². The first-order chi connectivity index (χ1) is 8.58. The van der Waals surface area contributed by atoms with Crippen LogP contribution in [0.3, 0.4) is 0 Å². The van der Waals surface area contributed by atoms with Gasteiger partial charge in [-0.3, -0.25) is 0 Å². The third-order valence-corrected chi connectivity index (χ3v) is 3.18. The van der Waals surface area contributed by atoms with Crippen molar-refractivity contribution < 1.29 is 9.18 Å². The third kappa shape index (κ3) is 2.81. The number of nitrogens with zero attached hydrogens (tertiary/aromatic N) is 1. The molecule has 2 amide bonds. The minimum Gasteiger partial charge on any atom is -0.336 e. The number of carbonyl (C=O) groups is 1. The van der Waals surface area contributed by atoms with Gasteiger partial charge in [-0.25, -0.2) is 9.18 Å². The minimum absolute atomic E-state index is 0.0307. The van der Waals surface area contributed by atoms with Gasteiger partial charge in [0.15, 0.2) is 0 Å². The van der Waals surface area contributed by atoms with Gasteiger partial charge in [0.2, 0.25) is 0 Å². The maximum atomic E-state index is 12.9. The summed E-state index contributed by atoms with van der Waals surface area (Å²) in [4.78, 5) is 13.9. The normalized spacial score (nSPS) is 19.3. The summed E-state index contributed by atoms with van der Waals surface area (Å²) in [6.07, 6.45) is 1.94. The maximum Gasteiger partial charge on any atom is 0.318 e. The van der Waals surface area contributed by atoms with Gasteiger partial charge in [-0.2, -0.15) is 0 Å². The van der Waals surface area contributed by atoms with E-state index in [-0.39, 0.29) is 23.9 Å². The quantitative estimate of drug-likeness (QED) is 0.859. The summed E-state index contributed by atoms with van der Waals surface area (Å²) in [5.41, 5.74) is 1.01. The Balaban J connectivity index is 2.12. The van der Waals surface area contributed by atoms with Crippen LogP contribution in [0, 0.1) is 5.82 Å². The molecule has 0 aromatic heterocycles. The van der Waals surface area contributed by atoms with E-state index in [2.05, 4.69) is 5.32 Å². The molecule has 2 rings (SSSR count). The van der Waals surface area contributed by atoms with E-state index in [9.17, 15) is 9.18 Å². The van der Waals surface area contributed by atoms with Crippen molar-refractivity contribution in [3.05, 3.63) is 35.6 Å². The molecule has 4 heteroatoms. The largest absolute Gasteiger partial charge is 0.336 e. The highest BCUT2D eigenvalue weighted by Gasteiger charge is 2.29. The molecule has 1 aromatic carbocycles. The summed E-state index contributed by atoms with van der Waals surface area (Å²) in [5, 5.41) is 2.91. The molecule has 3 nitrogen and oxygen atoms in total. The lowest BCUT2D eigenvalue weighted by Crippen LogP contribution is -2.42. The molecule has 0 aliphatic carbocycles. The lowest BCUT2D eigenvalue weighted by molar-refractivity contribution is 0.190. The first kappa shape index (κ1) is 12.9. The standard InChI is InChI=1S/C14H19FN2O/c1-10(2)16-14(18)17-9-3-4-13(17)11-5-7-12(15)8-6-11/h5-8,10,13H,3-4,9H2,1-2H3,(H,16,18)/t13-/m0/s1. The zero-order valence-electron chi connectivity index (χ0n) is 10.8. The zero-order valence-corrected chi connectivity index (χ0v) is 10.8. The fourth-order valence-electron chi connectivity index (χ4n) is 2.37. The predicted octanol–water partition coefficient (Wildman–Crippen LogP) is 3.08. The number of nitrogens with one attached hydrogen (secondary N) is 1. The van der Waals surface area contributed by atoms with E-state index in [4.69, 9.17) is 0 Å². The van der Waals surface area contributed by atoms with Crippen LogP contribution >= 0.6 is 0 Å². The van der Waals surface area contributed by atoms with Crippen molar-refractivity contribution in [1.29, 1.82) is 0 Å². The Morgan fingerprint density at radius 2 is 2.06 bits per heavy atom. The Kier molecular flexibility index (Phi) is 3.84. The van der Waals surface area contributed by atoms with E-state index in [1.54, 1.807) is 12.1 Å². The summed E-state index contributed by atoms with van der Waals surface area (Å²) in [6, 6.07) is 6.61. The van der Waals surface area contributed by atoms with Gasteiger partial charge in [0.1, 0.15) is 5.82 Å². The van der Waals surface area contributed by atoms with Crippen LogP contribution in [0.4, 0.5) is 9.18 Å². The molecule has 1 atom stereocenters. The number of likely N-dealkylation sites (tertiary alicyclic amines) is 1. The highest BCUT2D eigenvalue weighted by Crippen LogP contribution is 2.31. The van der Waals surface area contributed by atoms with Crippen molar-refractivity contribution in [2.24, 2.45) is 0 Å². The molecule has 0 radical (unpaired) electrons. The molecule has 0 spiro atoms. The Morgan fingerprint density at radius 3 is 2.67 bits per heavy atom. The second-order valence-electron chi connectivity index (χ2n) is 5.01. The van der Waals surface area contributed by atoms with Gasteiger partial charge in [-0.1, -0.05) is 12.1 Å². The van der Waals surface area contributed by atoms with Crippen LogP contribution in [0.5, 0.6) is 0 Å². The average Bonchev–Trinajstić information content (AvgIpc) is 2.78. The van der Waals surface area contributed by atoms with Crippen LogP contribution in [0.2, 0.25) is 0 Å². The first-order valence-electron chi connectivity index (χ1n) is 6.40. The van der Waals surface area contributed by atoms with Gasteiger partial charge in [0.25, 0.3) is 0 Å². The molecular weight excluding hydrogens is 231 g/mol. The number of halogens is 1. The molecule has 1 saturated heterocycles. The van der Waals surface area contributed by atoms with Gasteiger partial charge in [-0.05, 0) is 44.4 Å². The van der Waals surface area contributed by atoms with Gasteiger partial charge in [0.05, 0.1) is 6.04 Å². The van der Waals surface area contributed by atoms with E-state index < -0.39 is 0 Å². The Hall–Kier alpha value is -1.58. The summed E-state index contributed by atoms with van der Waals surface area (Å²) in [5.74, 6) is -0.241. The fourth-order valence-corrected chi connectivity index (χ4v) is 2.37. The predicted molar refractivity (Wildman–Crippen MR) is 68.7 cm³/mol. The summed E-state index contributed by atoms with van der Waals surface area (Å²) < 4.78 is 12.9.